The predicted octanol–water partition coefficient (Wildman–Crippen LogP) is 3.81. The van der Waals surface area contributed by atoms with Crippen LogP contribution in [0.1, 0.15) is 144 Å². The number of unbranched alkanes of at least 4 members (excludes halogenated alkanes) is 14. The van der Waals surface area contributed by atoms with Crippen molar-refractivity contribution in [1.82, 2.24) is 5.32 Å². The van der Waals surface area contributed by atoms with Gasteiger partial charge in [0.1, 0.15) is 37.6 Å². The lowest BCUT2D eigenvalue weighted by atomic mass is 9.94. The van der Waals surface area contributed by atoms with Crippen molar-refractivity contribution in [3.05, 3.63) is 0 Å². The Morgan fingerprint density at radius 2 is 1.04 bits per heavy atom. The maximum atomic E-state index is 13.4. The van der Waals surface area contributed by atoms with Crippen LogP contribution in [0.15, 0.2) is 0 Å². The molecule has 57 heavy (non-hydrogen) atoms. The van der Waals surface area contributed by atoms with Crippen LogP contribution in [0, 0.1) is 0 Å². The molecule has 4 N–H and O–H groups in total. The minimum Gasteiger partial charge on any atom is -0.463 e. The fourth-order valence-electron chi connectivity index (χ4n) is 7.01. The van der Waals surface area contributed by atoms with Crippen molar-refractivity contribution < 1.29 is 71.8 Å². The van der Waals surface area contributed by atoms with E-state index in [0.29, 0.717) is 6.42 Å². The van der Waals surface area contributed by atoms with Crippen LogP contribution < -0.4 is 11.1 Å². The van der Waals surface area contributed by atoms with Crippen molar-refractivity contribution >= 4 is 35.8 Å². The van der Waals surface area contributed by atoms with Gasteiger partial charge in [-0.1, -0.05) is 96.8 Å². The number of amides is 1. The second kappa shape index (κ2) is 27.3. The quantitative estimate of drug-likeness (QED) is 0.0640. The van der Waals surface area contributed by atoms with E-state index in [2.05, 4.69) is 12.2 Å². The van der Waals surface area contributed by atoms with Gasteiger partial charge in [0.15, 0.2) is 30.9 Å². The Hall–Kier alpha value is -3.38. The summed E-state index contributed by atoms with van der Waals surface area (Å²) in [5.41, 5.74) is 6.49. The molecule has 2 heterocycles. The van der Waals surface area contributed by atoms with Gasteiger partial charge in [0.25, 0.3) is 0 Å². The van der Waals surface area contributed by atoms with E-state index in [0.717, 1.165) is 53.4 Å². The highest BCUT2D eigenvalue weighted by molar-refractivity contribution is 5.74. The van der Waals surface area contributed by atoms with Gasteiger partial charge in [-0.3, -0.25) is 28.8 Å². The number of carbonyl (C=O) groups excluding carboxylic acids is 6. The average Bonchev–Trinajstić information content (AvgIpc) is 3.13. The maximum Gasteiger partial charge on any atom is 0.306 e. The number of esters is 5. The van der Waals surface area contributed by atoms with Crippen LogP contribution in [-0.2, 0) is 66.7 Å². The van der Waals surface area contributed by atoms with E-state index in [1.165, 1.54) is 71.1 Å². The van der Waals surface area contributed by atoms with Gasteiger partial charge in [-0.15, -0.1) is 0 Å². The molecule has 10 atom stereocenters. The zero-order valence-corrected chi connectivity index (χ0v) is 34.7. The van der Waals surface area contributed by atoms with Gasteiger partial charge in [0, 0.05) is 41.0 Å². The SMILES string of the molecule is CCCCCCCCCCCCCCCCCC(=O)O[C@@H]1[C@@H](NC(C)=O)[C@H](O)O[C@H](COC(C)=O)[C@H]1O[C@@H]1O[C@H](COC(C)=O)[C@H](OC(C)=O)[C@H](N)[C@H]1OC(C)=O. The third-order valence-corrected chi connectivity index (χ3v) is 9.79. The fourth-order valence-corrected chi connectivity index (χ4v) is 7.01. The normalized spacial score (nSPS) is 27.2. The molecular weight excluding hydrogens is 748 g/mol. The summed E-state index contributed by atoms with van der Waals surface area (Å²) in [6, 6.07) is -2.67. The molecule has 0 spiro atoms. The van der Waals surface area contributed by atoms with E-state index in [1.807, 2.05) is 0 Å². The molecule has 0 bridgehead atoms. The molecule has 0 aromatic rings. The second-order valence-corrected chi connectivity index (χ2v) is 14.9. The predicted molar refractivity (Wildman–Crippen MR) is 204 cm³/mol. The minimum atomic E-state index is -1.75. The summed E-state index contributed by atoms with van der Waals surface area (Å²) in [7, 11) is 0. The Morgan fingerprint density at radius 1 is 0.579 bits per heavy atom. The largest absolute Gasteiger partial charge is 0.463 e. The molecule has 0 saturated carbocycles. The van der Waals surface area contributed by atoms with Crippen LogP contribution >= 0.6 is 0 Å². The van der Waals surface area contributed by atoms with Gasteiger partial charge in [0.05, 0.1) is 6.04 Å². The lowest BCUT2D eigenvalue weighted by Gasteiger charge is -2.48. The molecule has 0 unspecified atom stereocenters. The summed E-state index contributed by atoms with van der Waals surface area (Å²) in [6.07, 6.45) is 5.78. The highest BCUT2D eigenvalue weighted by Crippen LogP contribution is 2.33. The van der Waals surface area contributed by atoms with Gasteiger partial charge in [-0.05, 0) is 6.42 Å². The highest BCUT2D eigenvalue weighted by Gasteiger charge is 2.55. The molecule has 2 fully saturated rings. The van der Waals surface area contributed by atoms with E-state index in [4.69, 9.17) is 43.6 Å². The number of carbonyl (C=O) groups is 6. The summed E-state index contributed by atoms with van der Waals surface area (Å²) in [5.74, 6) is -4.17. The summed E-state index contributed by atoms with van der Waals surface area (Å²) in [5, 5.41) is 13.6. The fraction of sp³-hybridized carbons (Fsp3) is 0.850. The Balaban J connectivity index is 2.18. The third kappa shape index (κ3) is 19.3. The summed E-state index contributed by atoms with van der Waals surface area (Å²) < 4.78 is 45.3. The number of aliphatic hydroxyl groups excluding tert-OH is 1. The molecule has 328 valence electrons. The summed E-state index contributed by atoms with van der Waals surface area (Å²) >= 11 is 0. The molecule has 2 aliphatic heterocycles. The molecule has 1 amide bonds. The molecular formula is C40H68N2O15. The molecule has 17 heteroatoms. The van der Waals surface area contributed by atoms with Gasteiger partial charge in [-0.2, -0.15) is 0 Å². The van der Waals surface area contributed by atoms with Gasteiger partial charge < -0.3 is 54.1 Å². The maximum absolute atomic E-state index is 13.4. The number of hydrogen-bond acceptors (Lipinski definition) is 16. The Bertz CT molecular complexity index is 1250. The van der Waals surface area contributed by atoms with Crippen LogP contribution in [0.4, 0.5) is 0 Å². The monoisotopic (exact) mass is 816 g/mol. The van der Waals surface area contributed by atoms with Gasteiger partial charge >= 0.3 is 29.8 Å². The van der Waals surface area contributed by atoms with E-state index in [1.54, 1.807) is 0 Å². The molecule has 0 aromatic heterocycles. The van der Waals surface area contributed by atoms with Crippen LogP contribution in [0.2, 0.25) is 0 Å². The molecule has 2 rings (SSSR count). The lowest BCUT2D eigenvalue weighted by molar-refractivity contribution is -0.335. The number of hydrogen-bond donors (Lipinski definition) is 3. The molecule has 0 radical (unpaired) electrons. The summed E-state index contributed by atoms with van der Waals surface area (Å²) in [6.45, 7) is 7.02. The van der Waals surface area contributed by atoms with E-state index >= 15 is 0 Å². The Labute approximate surface area is 337 Å². The standard InChI is InChI=1S/C40H68N2O15/c1-7-8-9-10-11-12-13-14-15-16-17-18-19-20-21-22-32(48)56-38-34(42-25(2)43)39(49)54-31(24-51-27(4)45)36(38)57-40-37(53-29(6)47)33(41)35(52-28(5)46)30(55-40)23-50-26(3)44/h30-31,33-40,49H,7-24,41H2,1-6H3,(H,42,43)/t30-,31-,33+,34-,35+,36-,37-,38-,39-,40+/m1/s1. The second-order valence-electron chi connectivity index (χ2n) is 14.9. The lowest BCUT2D eigenvalue weighted by Crippen LogP contribution is -2.69. The van der Waals surface area contributed by atoms with Gasteiger partial charge in [-0.25, -0.2) is 0 Å². The van der Waals surface area contributed by atoms with Crippen LogP contribution in [0.3, 0.4) is 0 Å². The first-order valence-corrected chi connectivity index (χ1v) is 20.6. The number of ether oxygens (including phenoxy) is 8. The number of nitrogens with two attached hydrogens (primary N) is 1. The number of nitrogens with one attached hydrogen (secondary N) is 1. The molecule has 17 nitrogen and oxygen atoms in total. The first-order chi connectivity index (χ1) is 27.1. The van der Waals surface area contributed by atoms with Crippen molar-refractivity contribution in [2.75, 3.05) is 13.2 Å². The summed E-state index contributed by atoms with van der Waals surface area (Å²) in [4.78, 5) is 73.6. The van der Waals surface area contributed by atoms with Crippen molar-refractivity contribution in [2.24, 2.45) is 5.73 Å². The zero-order valence-electron chi connectivity index (χ0n) is 34.7. The van der Waals surface area contributed by atoms with E-state index < -0.39 is 110 Å². The number of rotatable bonds is 26. The first-order valence-electron chi connectivity index (χ1n) is 20.6. The Morgan fingerprint density at radius 3 is 1.49 bits per heavy atom. The van der Waals surface area contributed by atoms with Crippen molar-refractivity contribution in [3.63, 3.8) is 0 Å². The smallest absolute Gasteiger partial charge is 0.306 e. The molecule has 0 aromatic carbocycles. The molecule has 2 aliphatic rings. The zero-order chi connectivity index (χ0) is 42.3. The minimum absolute atomic E-state index is 0.0230. The number of aliphatic hydroxyl groups is 1. The van der Waals surface area contributed by atoms with E-state index in [-0.39, 0.29) is 6.42 Å². The van der Waals surface area contributed by atoms with Gasteiger partial charge in [0.2, 0.25) is 5.91 Å². The highest BCUT2D eigenvalue weighted by atomic mass is 16.7. The Kier molecular flexibility index (Phi) is 23.9. The molecule has 0 aliphatic carbocycles. The van der Waals surface area contributed by atoms with Crippen LogP contribution in [0.5, 0.6) is 0 Å². The van der Waals surface area contributed by atoms with Crippen LogP contribution in [0.25, 0.3) is 0 Å². The third-order valence-electron chi connectivity index (χ3n) is 9.79. The van der Waals surface area contributed by atoms with Crippen molar-refractivity contribution in [2.45, 2.75) is 206 Å². The average molecular weight is 817 g/mol. The topological polar surface area (TPSA) is 235 Å². The van der Waals surface area contributed by atoms with Crippen molar-refractivity contribution in [1.29, 1.82) is 0 Å². The van der Waals surface area contributed by atoms with E-state index in [9.17, 15) is 33.9 Å². The first kappa shape index (κ1) is 49.8. The van der Waals surface area contributed by atoms with Crippen LogP contribution in [-0.4, -0.2) is 115 Å². The van der Waals surface area contributed by atoms with Crippen molar-refractivity contribution in [3.8, 4) is 0 Å². The molecule has 2 saturated heterocycles.